The quantitative estimate of drug-likeness (QED) is 0.847. The minimum Gasteiger partial charge on any atom is -0.378 e. The lowest BCUT2D eigenvalue weighted by molar-refractivity contribution is -0.132. The van der Waals surface area contributed by atoms with Crippen LogP contribution < -0.4 is 5.32 Å². The van der Waals surface area contributed by atoms with E-state index in [1.165, 1.54) is 17.1 Å². The van der Waals surface area contributed by atoms with Gasteiger partial charge in [-0.3, -0.25) is 9.59 Å². The molecular formula is C20H24N2O3S. The van der Waals surface area contributed by atoms with Gasteiger partial charge in [0.15, 0.2) is 0 Å². The Kier molecular flexibility index (Phi) is 6.52. The number of carbonyl (C=O) groups excluding carboxylic acids is 2. The highest BCUT2D eigenvalue weighted by molar-refractivity contribution is 8.00. The second kappa shape index (κ2) is 9.05. The van der Waals surface area contributed by atoms with E-state index in [1.54, 1.807) is 4.90 Å². The number of hydrogen-bond acceptors (Lipinski definition) is 4. The highest BCUT2D eigenvalue weighted by atomic mass is 32.2. The van der Waals surface area contributed by atoms with E-state index in [4.69, 9.17) is 4.74 Å². The summed E-state index contributed by atoms with van der Waals surface area (Å²) in [4.78, 5) is 26.0. The molecule has 2 aromatic carbocycles. The van der Waals surface area contributed by atoms with Gasteiger partial charge in [-0.2, -0.15) is 0 Å². The molecule has 26 heavy (non-hydrogen) atoms. The molecule has 1 N–H and O–H groups in total. The summed E-state index contributed by atoms with van der Waals surface area (Å²) in [5.41, 5.74) is 1.08. The van der Waals surface area contributed by atoms with Gasteiger partial charge < -0.3 is 15.0 Å². The van der Waals surface area contributed by atoms with Gasteiger partial charge in [0.2, 0.25) is 11.8 Å². The first-order valence-corrected chi connectivity index (χ1v) is 10.0. The lowest BCUT2D eigenvalue weighted by Crippen LogP contribution is -2.41. The van der Waals surface area contributed by atoms with Crippen LogP contribution in [-0.4, -0.2) is 54.5 Å². The molecule has 0 aliphatic carbocycles. The van der Waals surface area contributed by atoms with E-state index in [9.17, 15) is 9.59 Å². The fourth-order valence-electron chi connectivity index (χ4n) is 2.98. The van der Waals surface area contributed by atoms with Gasteiger partial charge in [0.1, 0.15) is 0 Å². The van der Waals surface area contributed by atoms with Crippen LogP contribution in [0.25, 0.3) is 10.8 Å². The maximum Gasteiger partial charge on any atom is 0.232 e. The predicted molar refractivity (Wildman–Crippen MR) is 105 cm³/mol. The van der Waals surface area contributed by atoms with Crippen molar-refractivity contribution in [2.45, 2.75) is 13.0 Å². The van der Waals surface area contributed by atoms with Gasteiger partial charge in [-0.15, -0.1) is 11.8 Å². The largest absolute Gasteiger partial charge is 0.378 e. The van der Waals surface area contributed by atoms with Crippen LogP contribution in [0.3, 0.4) is 0 Å². The highest BCUT2D eigenvalue weighted by Crippen LogP contribution is 2.20. The molecule has 1 atom stereocenters. The van der Waals surface area contributed by atoms with Gasteiger partial charge in [-0.25, -0.2) is 0 Å². The van der Waals surface area contributed by atoms with Crippen molar-refractivity contribution >= 4 is 34.3 Å². The van der Waals surface area contributed by atoms with E-state index >= 15 is 0 Å². The van der Waals surface area contributed by atoms with Crippen LogP contribution >= 0.6 is 11.8 Å². The van der Waals surface area contributed by atoms with Gasteiger partial charge in [-0.05, 0) is 29.3 Å². The van der Waals surface area contributed by atoms with E-state index in [-0.39, 0.29) is 23.6 Å². The molecule has 2 aromatic rings. The van der Waals surface area contributed by atoms with Crippen molar-refractivity contribution < 1.29 is 14.3 Å². The Hall–Kier alpha value is -2.05. The van der Waals surface area contributed by atoms with Crippen LogP contribution in [0, 0.1) is 0 Å². The van der Waals surface area contributed by atoms with E-state index in [1.807, 2.05) is 25.1 Å². The minimum atomic E-state index is -0.0670. The smallest absolute Gasteiger partial charge is 0.232 e. The molecule has 2 amide bonds. The average molecular weight is 372 g/mol. The number of fused-ring (bicyclic) bond motifs is 1. The summed E-state index contributed by atoms with van der Waals surface area (Å²) in [6, 6.07) is 14.3. The summed E-state index contributed by atoms with van der Waals surface area (Å²) < 4.78 is 5.24. The van der Waals surface area contributed by atoms with E-state index in [2.05, 4.69) is 29.6 Å². The van der Waals surface area contributed by atoms with Crippen molar-refractivity contribution in [1.29, 1.82) is 0 Å². The number of rotatable bonds is 6. The maximum atomic E-state index is 12.2. The van der Waals surface area contributed by atoms with Gasteiger partial charge in [0, 0.05) is 13.1 Å². The molecule has 1 aliphatic rings. The molecule has 1 aliphatic heterocycles. The lowest BCUT2D eigenvalue weighted by atomic mass is 10.0. The number of morpholine rings is 1. The molecule has 1 heterocycles. The summed E-state index contributed by atoms with van der Waals surface area (Å²) in [6.07, 6.45) is 0. The molecule has 138 valence electrons. The van der Waals surface area contributed by atoms with Gasteiger partial charge >= 0.3 is 0 Å². The third kappa shape index (κ3) is 4.99. The van der Waals surface area contributed by atoms with Crippen LogP contribution in [0.4, 0.5) is 0 Å². The lowest BCUT2D eigenvalue weighted by Gasteiger charge is -2.26. The third-order valence-corrected chi connectivity index (χ3v) is 5.39. The standard InChI is InChI=1S/C20H24N2O3S/c1-15(17-7-6-16-4-2-3-5-18(16)12-17)21-19(23)13-26-14-20(24)22-8-10-25-11-9-22/h2-7,12,15H,8-11,13-14H2,1H3,(H,21,23). The summed E-state index contributed by atoms with van der Waals surface area (Å²) in [7, 11) is 0. The molecular weight excluding hydrogens is 348 g/mol. The molecule has 1 fully saturated rings. The predicted octanol–water partition coefficient (Wildman–Crippen LogP) is 2.61. The Morgan fingerprint density at radius 1 is 1.12 bits per heavy atom. The highest BCUT2D eigenvalue weighted by Gasteiger charge is 2.17. The number of ether oxygens (including phenoxy) is 1. The fourth-order valence-corrected chi connectivity index (χ4v) is 3.71. The Bertz CT molecular complexity index is 774. The van der Waals surface area contributed by atoms with Crippen LogP contribution in [0.5, 0.6) is 0 Å². The zero-order valence-electron chi connectivity index (χ0n) is 14.9. The van der Waals surface area contributed by atoms with E-state index < -0.39 is 0 Å². The van der Waals surface area contributed by atoms with Crippen LogP contribution in [0.2, 0.25) is 0 Å². The molecule has 0 saturated carbocycles. The third-order valence-electron chi connectivity index (χ3n) is 4.47. The summed E-state index contributed by atoms with van der Waals surface area (Å²) in [6.45, 7) is 4.46. The number of amides is 2. The second-order valence-corrected chi connectivity index (χ2v) is 7.37. The van der Waals surface area contributed by atoms with Crippen molar-refractivity contribution in [3.05, 3.63) is 48.0 Å². The Labute approximate surface area is 158 Å². The monoisotopic (exact) mass is 372 g/mol. The molecule has 0 spiro atoms. The first kappa shape index (κ1) is 18.7. The van der Waals surface area contributed by atoms with Crippen LogP contribution in [-0.2, 0) is 14.3 Å². The maximum absolute atomic E-state index is 12.2. The topological polar surface area (TPSA) is 58.6 Å². The number of carbonyl (C=O) groups is 2. The number of benzene rings is 2. The van der Waals surface area contributed by atoms with Gasteiger partial charge in [0.25, 0.3) is 0 Å². The Morgan fingerprint density at radius 3 is 2.62 bits per heavy atom. The van der Waals surface area contributed by atoms with Gasteiger partial charge in [0.05, 0.1) is 30.8 Å². The SMILES string of the molecule is CC(NC(=O)CSCC(=O)N1CCOCC1)c1ccc2ccccc2c1. The molecule has 3 rings (SSSR count). The summed E-state index contributed by atoms with van der Waals surface area (Å²) in [5, 5.41) is 5.36. The molecule has 1 unspecified atom stereocenters. The molecule has 0 bridgehead atoms. The van der Waals surface area contributed by atoms with Crippen LogP contribution in [0.1, 0.15) is 18.5 Å². The molecule has 0 aromatic heterocycles. The summed E-state index contributed by atoms with van der Waals surface area (Å²) >= 11 is 1.36. The minimum absolute atomic E-state index is 0.0505. The van der Waals surface area contributed by atoms with E-state index in [0.717, 1.165) is 10.9 Å². The van der Waals surface area contributed by atoms with E-state index in [0.29, 0.717) is 32.1 Å². The molecule has 5 nitrogen and oxygen atoms in total. The summed E-state index contributed by atoms with van der Waals surface area (Å²) in [5.74, 6) is 0.644. The number of hydrogen-bond donors (Lipinski definition) is 1. The first-order valence-electron chi connectivity index (χ1n) is 8.85. The zero-order chi connectivity index (χ0) is 18.4. The average Bonchev–Trinajstić information content (AvgIpc) is 2.68. The number of thioether (sulfide) groups is 1. The fraction of sp³-hybridized carbons (Fsp3) is 0.400. The Balaban J connectivity index is 1.45. The van der Waals surface area contributed by atoms with Crippen molar-refractivity contribution in [2.75, 3.05) is 37.8 Å². The molecule has 1 saturated heterocycles. The zero-order valence-corrected chi connectivity index (χ0v) is 15.8. The van der Waals surface area contributed by atoms with Gasteiger partial charge in [-0.1, -0.05) is 36.4 Å². The normalized spacial score (nSPS) is 15.7. The second-order valence-electron chi connectivity index (χ2n) is 6.38. The van der Waals surface area contributed by atoms with Crippen molar-refractivity contribution in [2.24, 2.45) is 0 Å². The molecule has 0 radical (unpaired) electrons. The number of nitrogens with one attached hydrogen (secondary N) is 1. The van der Waals surface area contributed by atoms with Crippen molar-refractivity contribution in [3.63, 3.8) is 0 Å². The molecule has 6 heteroatoms. The van der Waals surface area contributed by atoms with Crippen LogP contribution in [0.15, 0.2) is 42.5 Å². The first-order chi connectivity index (χ1) is 12.6. The van der Waals surface area contributed by atoms with Crippen molar-refractivity contribution in [3.8, 4) is 0 Å². The number of nitrogens with zero attached hydrogens (tertiary/aromatic N) is 1. The Morgan fingerprint density at radius 2 is 1.85 bits per heavy atom. The van der Waals surface area contributed by atoms with Crippen molar-refractivity contribution in [1.82, 2.24) is 10.2 Å².